The van der Waals surface area contributed by atoms with Crippen molar-refractivity contribution in [3.05, 3.63) is 66.4 Å². The van der Waals surface area contributed by atoms with E-state index >= 15 is 0 Å². The van der Waals surface area contributed by atoms with Crippen LogP contribution in [0.2, 0.25) is 0 Å². The second-order valence-electron chi connectivity index (χ2n) is 5.95. The van der Waals surface area contributed by atoms with Gasteiger partial charge in [0, 0.05) is 23.0 Å². The summed E-state index contributed by atoms with van der Waals surface area (Å²) < 4.78 is 16.2. The predicted octanol–water partition coefficient (Wildman–Crippen LogP) is 4.16. The number of fused-ring (bicyclic) bond motifs is 1. The SMILES string of the molecule is COc1ccc(C(=O)Nc2cccc(-c3nc4ncccc4o3)c2)cc1OC. The van der Waals surface area contributed by atoms with Gasteiger partial charge in [-0.25, -0.2) is 4.98 Å². The monoisotopic (exact) mass is 375 g/mol. The fourth-order valence-corrected chi connectivity index (χ4v) is 2.80. The molecule has 0 spiro atoms. The van der Waals surface area contributed by atoms with Gasteiger partial charge < -0.3 is 19.2 Å². The van der Waals surface area contributed by atoms with Gasteiger partial charge in [0.05, 0.1) is 14.2 Å². The fraction of sp³-hybridized carbons (Fsp3) is 0.0952. The van der Waals surface area contributed by atoms with Crippen LogP contribution in [0.15, 0.2) is 65.2 Å². The Morgan fingerprint density at radius 2 is 1.86 bits per heavy atom. The second kappa shape index (κ2) is 7.40. The van der Waals surface area contributed by atoms with Crippen LogP contribution in [0, 0.1) is 0 Å². The van der Waals surface area contributed by atoms with Crippen LogP contribution in [0.3, 0.4) is 0 Å². The van der Waals surface area contributed by atoms with Crippen molar-refractivity contribution in [2.24, 2.45) is 0 Å². The summed E-state index contributed by atoms with van der Waals surface area (Å²) in [5.41, 5.74) is 2.96. The first kappa shape index (κ1) is 17.5. The molecule has 7 nitrogen and oxygen atoms in total. The molecule has 140 valence electrons. The molecule has 1 N–H and O–H groups in total. The Kier molecular flexibility index (Phi) is 4.63. The van der Waals surface area contributed by atoms with E-state index in [1.165, 1.54) is 7.11 Å². The van der Waals surface area contributed by atoms with Crippen molar-refractivity contribution in [1.82, 2.24) is 9.97 Å². The number of carbonyl (C=O) groups is 1. The second-order valence-corrected chi connectivity index (χ2v) is 5.95. The van der Waals surface area contributed by atoms with Crippen LogP contribution >= 0.6 is 0 Å². The lowest BCUT2D eigenvalue weighted by Gasteiger charge is -2.10. The first-order chi connectivity index (χ1) is 13.7. The van der Waals surface area contributed by atoms with Crippen LogP contribution in [0.1, 0.15) is 10.4 Å². The Morgan fingerprint density at radius 1 is 1.00 bits per heavy atom. The van der Waals surface area contributed by atoms with Gasteiger partial charge in [-0.1, -0.05) is 6.07 Å². The van der Waals surface area contributed by atoms with Gasteiger partial charge in [0.1, 0.15) is 0 Å². The van der Waals surface area contributed by atoms with Gasteiger partial charge >= 0.3 is 0 Å². The Labute approximate surface area is 160 Å². The number of nitrogens with zero attached hydrogens (tertiary/aromatic N) is 2. The smallest absolute Gasteiger partial charge is 0.255 e. The van der Waals surface area contributed by atoms with Crippen molar-refractivity contribution in [3.63, 3.8) is 0 Å². The highest BCUT2D eigenvalue weighted by Crippen LogP contribution is 2.29. The summed E-state index contributed by atoms with van der Waals surface area (Å²) in [7, 11) is 3.07. The maximum Gasteiger partial charge on any atom is 0.255 e. The lowest BCUT2D eigenvalue weighted by Crippen LogP contribution is -2.12. The van der Waals surface area contributed by atoms with E-state index in [-0.39, 0.29) is 5.91 Å². The minimum atomic E-state index is -0.266. The average Bonchev–Trinajstić information content (AvgIpc) is 3.17. The van der Waals surface area contributed by atoms with E-state index in [0.717, 1.165) is 5.56 Å². The van der Waals surface area contributed by atoms with Gasteiger partial charge in [-0.3, -0.25) is 4.79 Å². The molecule has 0 fully saturated rings. The van der Waals surface area contributed by atoms with E-state index in [0.29, 0.717) is 39.9 Å². The summed E-state index contributed by atoms with van der Waals surface area (Å²) in [5, 5.41) is 2.87. The molecular formula is C21H17N3O4. The van der Waals surface area contributed by atoms with Crippen LogP contribution in [-0.4, -0.2) is 30.1 Å². The quantitative estimate of drug-likeness (QED) is 0.564. The molecule has 1 amide bonds. The molecule has 0 aliphatic carbocycles. The molecule has 0 saturated heterocycles. The first-order valence-corrected chi connectivity index (χ1v) is 8.53. The molecule has 4 rings (SSSR count). The van der Waals surface area contributed by atoms with Crippen molar-refractivity contribution in [2.45, 2.75) is 0 Å². The largest absolute Gasteiger partial charge is 0.493 e. The van der Waals surface area contributed by atoms with E-state index in [1.807, 2.05) is 18.2 Å². The zero-order valence-electron chi connectivity index (χ0n) is 15.3. The normalized spacial score (nSPS) is 10.6. The van der Waals surface area contributed by atoms with E-state index in [1.54, 1.807) is 49.7 Å². The number of hydrogen-bond donors (Lipinski definition) is 1. The fourth-order valence-electron chi connectivity index (χ4n) is 2.80. The van der Waals surface area contributed by atoms with Crippen LogP contribution in [-0.2, 0) is 0 Å². The predicted molar refractivity (Wildman–Crippen MR) is 105 cm³/mol. The number of carbonyl (C=O) groups excluding carboxylic acids is 1. The van der Waals surface area contributed by atoms with Gasteiger partial charge in [0.15, 0.2) is 22.7 Å². The molecular weight excluding hydrogens is 358 g/mol. The first-order valence-electron chi connectivity index (χ1n) is 8.53. The van der Waals surface area contributed by atoms with E-state index < -0.39 is 0 Å². The minimum Gasteiger partial charge on any atom is -0.493 e. The van der Waals surface area contributed by atoms with Crippen molar-refractivity contribution >= 4 is 22.8 Å². The molecule has 28 heavy (non-hydrogen) atoms. The number of aromatic nitrogens is 2. The number of methoxy groups -OCH3 is 2. The molecule has 2 heterocycles. The number of ether oxygens (including phenoxy) is 2. The van der Waals surface area contributed by atoms with Crippen molar-refractivity contribution in [1.29, 1.82) is 0 Å². The number of nitrogens with one attached hydrogen (secondary N) is 1. The molecule has 7 heteroatoms. The van der Waals surface area contributed by atoms with Gasteiger partial charge in [-0.2, -0.15) is 4.98 Å². The Morgan fingerprint density at radius 3 is 2.64 bits per heavy atom. The summed E-state index contributed by atoms with van der Waals surface area (Å²) in [6, 6.07) is 15.9. The Bertz CT molecular complexity index is 1120. The minimum absolute atomic E-state index is 0.266. The highest BCUT2D eigenvalue weighted by Gasteiger charge is 2.13. The summed E-state index contributed by atoms with van der Waals surface area (Å²) in [6.07, 6.45) is 1.66. The van der Waals surface area contributed by atoms with Crippen LogP contribution in [0.4, 0.5) is 5.69 Å². The Balaban J connectivity index is 1.59. The number of hydrogen-bond acceptors (Lipinski definition) is 6. The molecule has 0 radical (unpaired) electrons. The topological polar surface area (TPSA) is 86.5 Å². The van der Waals surface area contributed by atoms with Crippen molar-refractivity contribution < 1.29 is 18.7 Å². The standard InChI is InChI=1S/C21H17N3O4/c1-26-16-9-8-13(12-18(16)27-2)20(25)23-15-6-3-5-14(11-15)21-24-19-17(28-21)7-4-10-22-19/h3-12H,1-2H3,(H,23,25). The molecule has 0 aliphatic rings. The van der Waals surface area contributed by atoms with Gasteiger partial charge in [-0.15, -0.1) is 0 Å². The maximum atomic E-state index is 12.6. The third-order valence-corrected chi connectivity index (χ3v) is 4.18. The number of pyridine rings is 1. The highest BCUT2D eigenvalue weighted by atomic mass is 16.5. The number of oxazole rings is 1. The number of rotatable bonds is 5. The molecule has 2 aromatic carbocycles. The third kappa shape index (κ3) is 3.37. The van der Waals surface area contributed by atoms with E-state index in [9.17, 15) is 4.79 Å². The Hall–Kier alpha value is -3.87. The molecule has 0 saturated carbocycles. The van der Waals surface area contributed by atoms with Gasteiger partial charge in [-0.05, 0) is 48.5 Å². The van der Waals surface area contributed by atoms with Crippen molar-refractivity contribution in [2.75, 3.05) is 19.5 Å². The van der Waals surface area contributed by atoms with E-state index in [2.05, 4.69) is 15.3 Å². The van der Waals surface area contributed by atoms with Crippen LogP contribution in [0.5, 0.6) is 11.5 Å². The molecule has 2 aromatic heterocycles. The molecule has 0 bridgehead atoms. The molecule has 4 aromatic rings. The number of benzene rings is 2. The van der Waals surface area contributed by atoms with Crippen LogP contribution in [0.25, 0.3) is 22.7 Å². The van der Waals surface area contributed by atoms with Crippen LogP contribution < -0.4 is 14.8 Å². The number of anilines is 1. The summed E-state index contributed by atoms with van der Waals surface area (Å²) in [4.78, 5) is 21.2. The summed E-state index contributed by atoms with van der Waals surface area (Å²) in [5.74, 6) is 1.22. The van der Waals surface area contributed by atoms with E-state index in [4.69, 9.17) is 13.9 Å². The lowest BCUT2D eigenvalue weighted by molar-refractivity contribution is 0.102. The highest BCUT2D eigenvalue weighted by molar-refractivity contribution is 6.04. The number of amides is 1. The lowest BCUT2D eigenvalue weighted by atomic mass is 10.1. The zero-order chi connectivity index (χ0) is 19.5. The summed E-state index contributed by atoms with van der Waals surface area (Å²) >= 11 is 0. The van der Waals surface area contributed by atoms with Crippen molar-refractivity contribution in [3.8, 4) is 23.0 Å². The molecule has 0 atom stereocenters. The maximum absolute atomic E-state index is 12.6. The molecule has 0 aliphatic heterocycles. The van der Waals surface area contributed by atoms with Gasteiger partial charge in [0.2, 0.25) is 5.89 Å². The van der Waals surface area contributed by atoms with Gasteiger partial charge in [0.25, 0.3) is 5.91 Å². The summed E-state index contributed by atoms with van der Waals surface area (Å²) in [6.45, 7) is 0. The molecule has 0 unspecified atom stereocenters. The third-order valence-electron chi connectivity index (χ3n) is 4.18. The zero-order valence-corrected chi connectivity index (χ0v) is 15.3. The average molecular weight is 375 g/mol.